The lowest BCUT2D eigenvalue weighted by Crippen LogP contribution is -2.38. The molecule has 2 aromatic rings. The minimum absolute atomic E-state index is 0.0744. The maximum absolute atomic E-state index is 12.8. The lowest BCUT2D eigenvalue weighted by molar-refractivity contribution is 0.0671. The quantitative estimate of drug-likeness (QED) is 0.558. The van der Waals surface area contributed by atoms with Crippen molar-refractivity contribution < 1.29 is 13.5 Å². The first-order valence-electron chi connectivity index (χ1n) is 8.50. The van der Waals surface area contributed by atoms with Gasteiger partial charge in [-0.05, 0) is 37.5 Å². The van der Waals surface area contributed by atoms with Crippen LogP contribution in [0.2, 0.25) is 0 Å². The fourth-order valence-electron chi connectivity index (χ4n) is 2.48. The Labute approximate surface area is 152 Å². The summed E-state index contributed by atoms with van der Waals surface area (Å²) >= 11 is 0. The van der Waals surface area contributed by atoms with Gasteiger partial charge in [0.05, 0.1) is 7.11 Å². The molecule has 0 bridgehead atoms. The lowest BCUT2D eigenvalue weighted by atomic mass is 10.1. The average Bonchev–Trinajstić information content (AvgIpc) is 3.10. The summed E-state index contributed by atoms with van der Waals surface area (Å²) in [5.74, 6) is 1.65. The van der Waals surface area contributed by atoms with Gasteiger partial charge in [-0.25, -0.2) is 9.98 Å². The molecule has 0 aliphatic rings. The number of rotatable bonds is 8. The number of imidazole rings is 1. The smallest absolute Gasteiger partial charge is 0.319 e. The molecule has 0 aliphatic carbocycles. The zero-order valence-corrected chi connectivity index (χ0v) is 15.3. The third-order valence-corrected chi connectivity index (χ3v) is 3.86. The van der Waals surface area contributed by atoms with Crippen molar-refractivity contribution in [2.24, 2.45) is 4.99 Å². The van der Waals surface area contributed by atoms with Gasteiger partial charge in [-0.3, -0.25) is 4.57 Å². The maximum atomic E-state index is 12.8. The van der Waals surface area contributed by atoms with Crippen molar-refractivity contribution in [2.75, 3.05) is 20.2 Å². The number of alkyl halides is 2. The molecule has 0 saturated heterocycles. The molecule has 0 atom stereocenters. The molecule has 142 valence electrons. The zero-order valence-electron chi connectivity index (χ0n) is 15.3. The van der Waals surface area contributed by atoms with Crippen molar-refractivity contribution >= 4 is 5.96 Å². The monoisotopic (exact) mass is 365 g/mol. The van der Waals surface area contributed by atoms with Gasteiger partial charge in [0.15, 0.2) is 5.96 Å². The van der Waals surface area contributed by atoms with Crippen molar-refractivity contribution in [1.82, 2.24) is 20.2 Å². The SMILES string of the molecule is CCNC(=NCc1nccn1C(F)F)NCCc1ccc(C)c(OC)c1. The Hall–Kier alpha value is -2.64. The number of aryl methyl sites for hydroxylation is 1. The number of aliphatic imine (C=N–C) groups is 1. The summed E-state index contributed by atoms with van der Waals surface area (Å²) in [6.45, 7) is 2.73. The van der Waals surface area contributed by atoms with E-state index in [-0.39, 0.29) is 12.4 Å². The van der Waals surface area contributed by atoms with Crippen LogP contribution in [0.15, 0.2) is 35.6 Å². The van der Waals surface area contributed by atoms with E-state index in [0.29, 0.717) is 19.0 Å². The number of hydrogen-bond acceptors (Lipinski definition) is 3. The highest BCUT2D eigenvalue weighted by atomic mass is 19.3. The van der Waals surface area contributed by atoms with Gasteiger partial charge in [-0.2, -0.15) is 8.78 Å². The lowest BCUT2D eigenvalue weighted by Gasteiger charge is -2.12. The number of nitrogens with zero attached hydrogens (tertiary/aromatic N) is 3. The van der Waals surface area contributed by atoms with Crippen molar-refractivity contribution in [2.45, 2.75) is 33.4 Å². The minimum atomic E-state index is -2.62. The number of methoxy groups -OCH3 is 1. The summed E-state index contributed by atoms with van der Waals surface area (Å²) in [5, 5.41) is 6.31. The van der Waals surface area contributed by atoms with Crippen LogP contribution in [0.4, 0.5) is 8.78 Å². The van der Waals surface area contributed by atoms with Crippen LogP contribution in [-0.2, 0) is 13.0 Å². The highest BCUT2D eigenvalue weighted by molar-refractivity contribution is 5.79. The number of halogens is 2. The standard InChI is InChI=1S/C18H25F2N5O/c1-4-21-18(24-12-16-22-9-10-25(16)17(19)20)23-8-7-14-6-5-13(2)15(11-14)26-3/h5-6,9-11,17H,4,7-8,12H2,1-3H3,(H2,21,23,24). The molecule has 1 aromatic carbocycles. The molecule has 0 aliphatic heterocycles. The third kappa shape index (κ3) is 5.44. The molecule has 1 heterocycles. The van der Waals surface area contributed by atoms with Crippen molar-refractivity contribution in [3.05, 3.63) is 47.5 Å². The molecule has 0 saturated carbocycles. The molecule has 0 amide bonds. The fraction of sp³-hybridized carbons (Fsp3) is 0.444. The maximum Gasteiger partial charge on any atom is 0.319 e. The molecule has 6 nitrogen and oxygen atoms in total. The summed E-state index contributed by atoms with van der Waals surface area (Å²) in [7, 11) is 1.66. The summed E-state index contributed by atoms with van der Waals surface area (Å²) in [6, 6.07) is 6.10. The first-order valence-corrected chi connectivity index (χ1v) is 8.50. The van der Waals surface area contributed by atoms with Gasteiger partial charge >= 0.3 is 6.55 Å². The first-order chi connectivity index (χ1) is 12.5. The molecule has 26 heavy (non-hydrogen) atoms. The second-order valence-corrected chi connectivity index (χ2v) is 5.70. The number of ether oxygens (including phenoxy) is 1. The largest absolute Gasteiger partial charge is 0.496 e. The Bertz CT molecular complexity index is 730. The highest BCUT2D eigenvalue weighted by Gasteiger charge is 2.11. The van der Waals surface area contributed by atoms with E-state index in [9.17, 15) is 8.78 Å². The minimum Gasteiger partial charge on any atom is -0.496 e. The predicted octanol–water partition coefficient (Wildman–Crippen LogP) is 2.89. The van der Waals surface area contributed by atoms with Gasteiger partial charge in [0.25, 0.3) is 0 Å². The number of guanidine groups is 1. The predicted molar refractivity (Wildman–Crippen MR) is 97.7 cm³/mol. The third-order valence-electron chi connectivity index (χ3n) is 3.86. The van der Waals surface area contributed by atoms with Gasteiger partial charge < -0.3 is 15.4 Å². The van der Waals surface area contributed by atoms with Crippen molar-refractivity contribution in [3.63, 3.8) is 0 Å². The van der Waals surface area contributed by atoms with Crippen LogP contribution in [0, 0.1) is 6.92 Å². The Morgan fingerprint density at radius 1 is 1.35 bits per heavy atom. The summed E-state index contributed by atoms with van der Waals surface area (Å²) in [6.07, 6.45) is 3.38. The molecule has 1 aromatic heterocycles. The molecule has 0 spiro atoms. The number of benzene rings is 1. The van der Waals surface area contributed by atoms with E-state index >= 15 is 0 Å². The van der Waals surface area contributed by atoms with E-state index in [0.717, 1.165) is 27.9 Å². The van der Waals surface area contributed by atoms with E-state index in [1.807, 2.05) is 26.0 Å². The van der Waals surface area contributed by atoms with Crippen molar-refractivity contribution in [1.29, 1.82) is 0 Å². The summed E-state index contributed by atoms with van der Waals surface area (Å²) in [4.78, 5) is 8.26. The van der Waals surface area contributed by atoms with E-state index in [1.165, 1.54) is 12.4 Å². The topological polar surface area (TPSA) is 63.5 Å². The van der Waals surface area contributed by atoms with Crippen LogP contribution < -0.4 is 15.4 Å². The Kier molecular flexibility index (Phi) is 7.37. The molecule has 2 rings (SSSR count). The van der Waals surface area contributed by atoms with Gasteiger partial charge in [-0.15, -0.1) is 0 Å². The van der Waals surface area contributed by atoms with Crippen LogP contribution in [0.1, 0.15) is 30.4 Å². The molecule has 8 heteroatoms. The first kappa shape index (κ1) is 19.7. The molecule has 0 unspecified atom stereocenters. The molecule has 2 N–H and O–H groups in total. The van der Waals surface area contributed by atoms with E-state index in [1.54, 1.807) is 7.11 Å². The van der Waals surface area contributed by atoms with E-state index in [4.69, 9.17) is 4.74 Å². The van der Waals surface area contributed by atoms with Gasteiger partial charge in [0.2, 0.25) is 0 Å². The van der Waals surface area contributed by atoms with Crippen LogP contribution in [0.25, 0.3) is 0 Å². The number of hydrogen-bond donors (Lipinski definition) is 2. The fourth-order valence-corrected chi connectivity index (χ4v) is 2.48. The molecule has 0 radical (unpaired) electrons. The Balaban J connectivity index is 1.94. The summed E-state index contributed by atoms with van der Waals surface area (Å²) < 4.78 is 31.8. The Morgan fingerprint density at radius 2 is 2.15 bits per heavy atom. The van der Waals surface area contributed by atoms with Gasteiger partial charge in [0.1, 0.15) is 18.1 Å². The van der Waals surface area contributed by atoms with Crippen LogP contribution in [0.3, 0.4) is 0 Å². The zero-order chi connectivity index (χ0) is 18.9. The van der Waals surface area contributed by atoms with E-state index < -0.39 is 6.55 Å². The van der Waals surface area contributed by atoms with E-state index in [2.05, 4.69) is 26.7 Å². The van der Waals surface area contributed by atoms with Gasteiger partial charge in [-0.1, -0.05) is 12.1 Å². The summed E-state index contributed by atoms with van der Waals surface area (Å²) in [5.41, 5.74) is 2.23. The second-order valence-electron chi connectivity index (χ2n) is 5.70. The van der Waals surface area contributed by atoms with Crippen LogP contribution in [-0.4, -0.2) is 35.7 Å². The molecule has 0 fully saturated rings. The number of nitrogens with one attached hydrogen (secondary N) is 2. The van der Waals surface area contributed by atoms with Crippen LogP contribution >= 0.6 is 0 Å². The van der Waals surface area contributed by atoms with Gasteiger partial charge in [0, 0.05) is 25.5 Å². The molecular weight excluding hydrogens is 340 g/mol. The molecular formula is C18H25F2N5O. The Morgan fingerprint density at radius 3 is 2.85 bits per heavy atom. The van der Waals surface area contributed by atoms with Crippen molar-refractivity contribution in [3.8, 4) is 5.75 Å². The average molecular weight is 365 g/mol. The van der Waals surface area contributed by atoms with Crippen LogP contribution in [0.5, 0.6) is 5.75 Å². The normalized spacial score (nSPS) is 11.7. The second kappa shape index (κ2) is 9.74. The highest BCUT2D eigenvalue weighted by Crippen LogP contribution is 2.19. The number of aromatic nitrogens is 2.